The predicted molar refractivity (Wildman–Crippen MR) is 96.4 cm³/mol. The molecule has 0 aliphatic carbocycles. The second kappa shape index (κ2) is 6.50. The van der Waals surface area contributed by atoms with Crippen LogP contribution in [0.25, 0.3) is 0 Å². The third-order valence-corrected chi connectivity index (χ3v) is 4.30. The van der Waals surface area contributed by atoms with Gasteiger partial charge in [0.15, 0.2) is 0 Å². The predicted octanol–water partition coefficient (Wildman–Crippen LogP) is 2.74. The van der Waals surface area contributed by atoms with E-state index in [0.29, 0.717) is 16.9 Å². The van der Waals surface area contributed by atoms with E-state index in [1.165, 1.54) is 13.3 Å². The quantitative estimate of drug-likeness (QED) is 0.845. The lowest BCUT2D eigenvalue weighted by Crippen LogP contribution is -2.41. The van der Waals surface area contributed by atoms with E-state index in [1.54, 1.807) is 27.0 Å². The molecule has 1 N–H and O–H groups in total. The van der Waals surface area contributed by atoms with E-state index in [-0.39, 0.29) is 0 Å². The van der Waals surface area contributed by atoms with Gasteiger partial charge in [-0.15, -0.1) is 0 Å². The Morgan fingerprint density at radius 2 is 1.72 bits per heavy atom. The lowest BCUT2D eigenvalue weighted by molar-refractivity contribution is 0.00578. The molecule has 0 atom stereocenters. The largest absolute Gasteiger partial charge is 0.500 e. The zero-order valence-electron chi connectivity index (χ0n) is 16.2. The van der Waals surface area contributed by atoms with E-state index in [0.717, 1.165) is 0 Å². The van der Waals surface area contributed by atoms with Crippen LogP contribution in [0, 0.1) is 0 Å². The molecule has 2 heterocycles. The van der Waals surface area contributed by atoms with E-state index in [9.17, 15) is 4.79 Å². The summed E-state index contributed by atoms with van der Waals surface area (Å²) in [5.41, 5.74) is -0.653. The van der Waals surface area contributed by atoms with E-state index >= 15 is 0 Å². The maximum atomic E-state index is 12.2. The number of anilines is 1. The van der Waals surface area contributed by atoms with E-state index in [2.05, 4.69) is 10.3 Å². The van der Waals surface area contributed by atoms with Crippen LogP contribution >= 0.6 is 0 Å². The van der Waals surface area contributed by atoms with Crippen LogP contribution < -0.4 is 15.5 Å². The van der Waals surface area contributed by atoms with Gasteiger partial charge in [-0.25, -0.2) is 4.79 Å². The molecule has 0 aromatic carbocycles. The highest BCUT2D eigenvalue weighted by Crippen LogP contribution is 2.37. The number of carbonyl (C=O) groups is 1. The summed E-state index contributed by atoms with van der Waals surface area (Å²) in [6.45, 7) is 13.2. The highest BCUT2D eigenvalue weighted by molar-refractivity contribution is 6.65. The van der Waals surface area contributed by atoms with Gasteiger partial charge in [-0.1, -0.05) is 0 Å². The summed E-state index contributed by atoms with van der Waals surface area (Å²) >= 11 is 0. The summed E-state index contributed by atoms with van der Waals surface area (Å²) < 4.78 is 22.9. The average molecular weight is 350 g/mol. The summed E-state index contributed by atoms with van der Waals surface area (Å²) in [5.74, 6) is 0.465. The molecule has 138 valence electrons. The first-order chi connectivity index (χ1) is 11.4. The Morgan fingerprint density at radius 1 is 1.16 bits per heavy atom. The molecule has 0 radical (unpaired) electrons. The Hall–Kier alpha value is -1.80. The minimum Gasteiger partial charge on any atom is -0.495 e. The summed E-state index contributed by atoms with van der Waals surface area (Å²) in [6, 6.07) is 0. The fourth-order valence-electron chi connectivity index (χ4n) is 2.33. The van der Waals surface area contributed by atoms with Gasteiger partial charge in [0.05, 0.1) is 41.9 Å². The van der Waals surface area contributed by atoms with Crippen LogP contribution in [-0.4, -0.2) is 42.1 Å². The SMILES string of the molecule is COc1cncc(NC(=O)OC(C)(C)C)c1B1OC(C)(C)C(C)(C)O1. The molecule has 2 rings (SSSR count). The van der Waals surface area contributed by atoms with Gasteiger partial charge >= 0.3 is 13.2 Å². The van der Waals surface area contributed by atoms with Crippen LogP contribution in [-0.2, 0) is 14.0 Å². The van der Waals surface area contributed by atoms with Crippen molar-refractivity contribution in [1.82, 2.24) is 4.98 Å². The molecule has 0 bridgehead atoms. The third-order valence-electron chi connectivity index (χ3n) is 4.30. The van der Waals surface area contributed by atoms with Crippen LogP contribution in [0.4, 0.5) is 10.5 Å². The maximum Gasteiger partial charge on any atom is 0.500 e. The second-order valence-electron chi connectivity index (χ2n) is 8.02. The van der Waals surface area contributed by atoms with Gasteiger partial charge in [0, 0.05) is 0 Å². The Kier molecular flexibility index (Phi) is 5.07. The first-order valence-electron chi connectivity index (χ1n) is 8.24. The Balaban J connectivity index is 2.36. The molecule has 1 amide bonds. The number of pyridine rings is 1. The second-order valence-corrected chi connectivity index (χ2v) is 8.02. The minimum absolute atomic E-state index is 0.423. The Labute approximate surface area is 149 Å². The smallest absolute Gasteiger partial charge is 0.495 e. The molecule has 25 heavy (non-hydrogen) atoms. The Morgan fingerprint density at radius 3 is 2.20 bits per heavy atom. The number of nitrogens with one attached hydrogen (secondary N) is 1. The number of aromatic nitrogens is 1. The molecule has 7 nitrogen and oxygen atoms in total. The zero-order chi connectivity index (χ0) is 19.0. The number of rotatable bonds is 3. The summed E-state index contributed by atoms with van der Waals surface area (Å²) in [6.07, 6.45) is 2.49. The summed E-state index contributed by atoms with van der Waals surface area (Å²) in [7, 11) is 0.830. The monoisotopic (exact) mass is 350 g/mol. The van der Waals surface area contributed by atoms with Gasteiger partial charge in [-0.3, -0.25) is 10.3 Å². The molecular weight excluding hydrogens is 323 g/mol. The molecular formula is C17H27BN2O5. The van der Waals surface area contributed by atoms with E-state index in [4.69, 9.17) is 18.8 Å². The van der Waals surface area contributed by atoms with E-state index < -0.39 is 30.0 Å². The van der Waals surface area contributed by atoms with E-state index in [1.807, 2.05) is 27.7 Å². The van der Waals surface area contributed by atoms with Gasteiger partial charge in [-0.2, -0.15) is 0 Å². The van der Waals surface area contributed by atoms with Crippen molar-refractivity contribution in [3.63, 3.8) is 0 Å². The molecule has 1 aromatic heterocycles. The van der Waals surface area contributed by atoms with Crippen LogP contribution in [0.15, 0.2) is 12.4 Å². The molecule has 1 aromatic rings. The number of ether oxygens (including phenoxy) is 2. The fraction of sp³-hybridized carbons (Fsp3) is 0.647. The molecule has 0 spiro atoms. The zero-order valence-corrected chi connectivity index (χ0v) is 16.2. The van der Waals surface area contributed by atoms with Crippen molar-refractivity contribution in [2.75, 3.05) is 12.4 Å². The van der Waals surface area contributed by atoms with Crippen LogP contribution in [0.3, 0.4) is 0 Å². The standard InChI is InChI=1S/C17H27BN2O5/c1-15(2,3)23-14(21)20-11-9-19-10-12(22-8)13(11)18-24-16(4,5)17(6,7)25-18/h9-10H,1-8H3,(H,20,21). The number of hydrogen-bond acceptors (Lipinski definition) is 6. The molecule has 8 heteroatoms. The van der Waals surface area contributed by atoms with Crippen LogP contribution in [0.2, 0.25) is 0 Å². The molecule has 1 aliphatic rings. The van der Waals surface area contributed by atoms with Gasteiger partial charge < -0.3 is 18.8 Å². The molecule has 1 fully saturated rings. The van der Waals surface area contributed by atoms with Crippen molar-refractivity contribution in [3.8, 4) is 5.75 Å². The molecule has 1 aliphatic heterocycles. The molecule has 1 saturated heterocycles. The van der Waals surface area contributed by atoms with Gasteiger partial charge in [-0.05, 0) is 48.5 Å². The van der Waals surface area contributed by atoms with Gasteiger partial charge in [0.2, 0.25) is 0 Å². The lowest BCUT2D eigenvalue weighted by atomic mass is 9.77. The topological polar surface area (TPSA) is 78.9 Å². The fourth-order valence-corrected chi connectivity index (χ4v) is 2.33. The number of hydrogen-bond donors (Lipinski definition) is 1. The third kappa shape index (κ3) is 4.25. The number of amides is 1. The van der Waals surface area contributed by atoms with Crippen molar-refractivity contribution in [1.29, 1.82) is 0 Å². The normalized spacial score (nSPS) is 18.8. The number of methoxy groups -OCH3 is 1. The molecule has 0 saturated carbocycles. The minimum atomic E-state index is -0.701. The van der Waals surface area contributed by atoms with Gasteiger partial charge in [0.25, 0.3) is 0 Å². The maximum absolute atomic E-state index is 12.2. The van der Waals surface area contributed by atoms with Crippen molar-refractivity contribution < 1.29 is 23.6 Å². The Bertz CT molecular complexity index is 639. The van der Waals surface area contributed by atoms with Crippen molar-refractivity contribution >= 4 is 24.4 Å². The number of nitrogens with zero attached hydrogens (tertiary/aromatic N) is 1. The highest BCUT2D eigenvalue weighted by Gasteiger charge is 2.53. The number of carbonyl (C=O) groups excluding carboxylic acids is 1. The first kappa shape index (κ1) is 19.5. The van der Waals surface area contributed by atoms with Crippen LogP contribution in [0.5, 0.6) is 5.75 Å². The average Bonchev–Trinajstić information content (AvgIpc) is 2.64. The van der Waals surface area contributed by atoms with Gasteiger partial charge in [0.1, 0.15) is 11.4 Å². The van der Waals surface area contributed by atoms with Crippen molar-refractivity contribution in [2.45, 2.75) is 65.3 Å². The highest BCUT2D eigenvalue weighted by atomic mass is 16.7. The molecule has 0 unspecified atom stereocenters. The van der Waals surface area contributed by atoms with Crippen molar-refractivity contribution in [3.05, 3.63) is 12.4 Å². The first-order valence-corrected chi connectivity index (χ1v) is 8.24. The summed E-state index contributed by atoms with van der Waals surface area (Å²) in [4.78, 5) is 16.3. The van der Waals surface area contributed by atoms with Crippen LogP contribution in [0.1, 0.15) is 48.5 Å². The lowest BCUT2D eigenvalue weighted by Gasteiger charge is -2.32. The summed E-state index contributed by atoms with van der Waals surface area (Å²) in [5, 5.41) is 2.71. The van der Waals surface area contributed by atoms with Crippen molar-refractivity contribution in [2.24, 2.45) is 0 Å².